The van der Waals surface area contributed by atoms with Crippen LogP contribution < -0.4 is 4.74 Å². The molecule has 0 N–H and O–H groups in total. The van der Waals surface area contributed by atoms with Crippen LogP contribution in [0, 0.1) is 23.2 Å². The van der Waals surface area contributed by atoms with Gasteiger partial charge in [0.25, 0.3) is 0 Å². The SMILES string of the molecule is CC(C)=CCCC[C@H]1C[C@@]2(C)C(CCC23OCCO3)C2CCc3cc(OC4CCCCO4)ccc3C21. The Labute approximate surface area is 218 Å². The molecule has 1 aromatic rings. The predicted octanol–water partition coefficient (Wildman–Crippen LogP) is 7.55. The molecule has 6 atom stereocenters. The van der Waals surface area contributed by atoms with Crippen molar-refractivity contribution in [3.63, 3.8) is 0 Å². The zero-order valence-corrected chi connectivity index (χ0v) is 22.7. The highest BCUT2D eigenvalue weighted by atomic mass is 16.7. The second-order valence-electron chi connectivity index (χ2n) is 12.7. The van der Waals surface area contributed by atoms with E-state index in [1.807, 2.05) is 0 Å². The maximum atomic E-state index is 6.46. The smallest absolute Gasteiger partial charge is 0.199 e. The molecule has 2 saturated carbocycles. The molecule has 4 unspecified atom stereocenters. The first-order valence-electron chi connectivity index (χ1n) is 14.8. The molecule has 0 radical (unpaired) electrons. The number of ether oxygens (including phenoxy) is 4. The lowest BCUT2D eigenvalue weighted by Gasteiger charge is -2.56. The lowest BCUT2D eigenvalue weighted by Crippen LogP contribution is -2.54. The highest BCUT2D eigenvalue weighted by Crippen LogP contribution is 2.68. The Morgan fingerprint density at radius 3 is 2.72 bits per heavy atom. The van der Waals surface area contributed by atoms with Gasteiger partial charge in [-0.3, -0.25) is 0 Å². The van der Waals surface area contributed by atoms with E-state index in [2.05, 4.69) is 45.0 Å². The first-order valence-corrected chi connectivity index (χ1v) is 14.8. The monoisotopic (exact) mass is 494 g/mol. The molecule has 0 amide bonds. The largest absolute Gasteiger partial charge is 0.465 e. The van der Waals surface area contributed by atoms with Crippen LogP contribution in [0.1, 0.15) is 102 Å². The van der Waals surface area contributed by atoms with Gasteiger partial charge in [0, 0.05) is 18.3 Å². The van der Waals surface area contributed by atoms with Crippen LogP contribution in [0.5, 0.6) is 5.75 Å². The van der Waals surface area contributed by atoms with Crippen molar-refractivity contribution in [3.8, 4) is 5.75 Å². The molecule has 5 aliphatic rings. The van der Waals surface area contributed by atoms with Crippen molar-refractivity contribution in [2.75, 3.05) is 19.8 Å². The van der Waals surface area contributed by atoms with E-state index in [0.717, 1.165) is 57.2 Å². The summed E-state index contributed by atoms with van der Waals surface area (Å²) in [5, 5.41) is 0. The lowest BCUT2D eigenvalue weighted by atomic mass is 9.50. The van der Waals surface area contributed by atoms with Crippen LogP contribution >= 0.6 is 0 Å². The van der Waals surface area contributed by atoms with Crippen LogP contribution in [0.3, 0.4) is 0 Å². The van der Waals surface area contributed by atoms with Crippen LogP contribution in [0.15, 0.2) is 29.8 Å². The summed E-state index contributed by atoms with van der Waals surface area (Å²) < 4.78 is 25.0. The molecule has 0 bridgehead atoms. The summed E-state index contributed by atoms with van der Waals surface area (Å²) in [6, 6.07) is 6.99. The van der Waals surface area contributed by atoms with Gasteiger partial charge in [0.15, 0.2) is 12.1 Å². The van der Waals surface area contributed by atoms with Crippen molar-refractivity contribution in [3.05, 3.63) is 41.0 Å². The number of aryl methyl sites for hydroxylation is 1. The molecular weight excluding hydrogens is 448 g/mol. The number of benzene rings is 1. The Bertz CT molecular complexity index is 953. The maximum absolute atomic E-state index is 6.46. The third kappa shape index (κ3) is 4.35. The van der Waals surface area contributed by atoms with Gasteiger partial charge < -0.3 is 18.9 Å². The van der Waals surface area contributed by atoms with Gasteiger partial charge in [-0.05, 0) is 119 Å². The number of rotatable bonds is 6. The average molecular weight is 495 g/mol. The van der Waals surface area contributed by atoms with E-state index in [4.69, 9.17) is 18.9 Å². The fourth-order valence-electron chi connectivity index (χ4n) is 8.82. The van der Waals surface area contributed by atoms with Gasteiger partial charge >= 0.3 is 0 Å². The molecule has 1 spiro atoms. The average Bonchev–Trinajstić information content (AvgIpc) is 3.47. The highest BCUT2D eigenvalue weighted by molar-refractivity contribution is 5.41. The normalized spacial score (nSPS) is 36.7. The Kier molecular flexibility index (Phi) is 6.98. The van der Waals surface area contributed by atoms with Crippen LogP contribution in [0.25, 0.3) is 0 Å². The summed E-state index contributed by atoms with van der Waals surface area (Å²) in [5.41, 5.74) is 4.68. The molecule has 2 saturated heterocycles. The number of hydrogen-bond donors (Lipinski definition) is 0. The fourth-order valence-corrected chi connectivity index (χ4v) is 8.82. The molecule has 6 rings (SSSR count). The van der Waals surface area contributed by atoms with Crippen molar-refractivity contribution < 1.29 is 18.9 Å². The topological polar surface area (TPSA) is 36.9 Å². The lowest BCUT2D eigenvalue weighted by molar-refractivity contribution is -0.242. The van der Waals surface area contributed by atoms with E-state index in [0.29, 0.717) is 17.8 Å². The molecule has 36 heavy (non-hydrogen) atoms. The number of unbranched alkanes of at least 4 members (excludes halogenated alkanes) is 1. The molecule has 0 aromatic heterocycles. The van der Waals surface area contributed by atoms with Crippen molar-refractivity contribution in [2.24, 2.45) is 23.2 Å². The fraction of sp³-hybridized carbons (Fsp3) is 0.750. The molecule has 4 nitrogen and oxygen atoms in total. The second kappa shape index (κ2) is 10.1. The van der Waals surface area contributed by atoms with Crippen LogP contribution in [0.4, 0.5) is 0 Å². The third-order valence-electron chi connectivity index (χ3n) is 10.4. The van der Waals surface area contributed by atoms with E-state index < -0.39 is 0 Å². The molecular formula is C32H46O4. The summed E-state index contributed by atoms with van der Waals surface area (Å²) in [4.78, 5) is 0. The number of hydrogen-bond acceptors (Lipinski definition) is 4. The van der Waals surface area contributed by atoms with Gasteiger partial charge in [0.1, 0.15) is 5.75 Å². The third-order valence-corrected chi connectivity index (χ3v) is 10.4. The Morgan fingerprint density at radius 2 is 1.94 bits per heavy atom. The molecule has 198 valence electrons. The Balaban J connectivity index is 1.28. The summed E-state index contributed by atoms with van der Waals surface area (Å²) in [5.74, 6) is 3.40. The number of allylic oxidation sites excluding steroid dienone is 2. The van der Waals surface area contributed by atoms with E-state index in [9.17, 15) is 0 Å². The first kappa shape index (κ1) is 24.9. The summed E-state index contributed by atoms with van der Waals surface area (Å²) in [6.07, 6.45) is 15.4. The first-order chi connectivity index (χ1) is 17.5. The van der Waals surface area contributed by atoms with Crippen LogP contribution in [-0.2, 0) is 20.6 Å². The minimum atomic E-state index is -0.335. The van der Waals surface area contributed by atoms with Gasteiger partial charge in [-0.15, -0.1) is 0 Å². The summed E-state index contributed by atoms with van der Waals surface area (Å²) >= 11 is 0. The van der Waals surface area contributed by atoms with Crippen molar-refractivity contribution in [1.29, 1.82) is 0 Å². The molecule has 2 aliphatic heterocycles. The standard InChI is InChI=1S/C32H46O4/c1-22(2)8-4-5-9-24-21-31(3)28(15-16-32(31)34-18-19-35-32)27-13-11-23-20-25(12-14-26(23)30(24)27)36-29-10-6-7-17-33-29/h8,12,14,20,24,27-30H,4-7,9-11,13,15-19,21H2,1-3H3/t24-,27?,28?,29?,30?,31-/m0/s1. The highest BCUT2D eigenvalue weighted by Gasteiger charge is 2.66. The quantitative estimate of drug-likeness (QED) is 0.302. The van der Waals surface area contributed by atoms with Crippen LogP contribution in [0.2, 0.25) is 0 Å². The van der Waals surface area contributed by atoms with Gasteiger partial charge in [-0.1, -0.05) is 24.6 Å². The predicted molar refractivity (Wildman–Crippen MR) is 142 cm³/mol. The van der Waals surface area contributed by atoms with Gasteiger partial charge in [0.05, 0.1) is 19.8 Å². The maximum Gasteiger partial charge on any atom is 0.199 e. The molecule has 4 heteroatoms. The zero-order chi connectivity index (χ0) is 24.8. The number of fused-ring (bicyclic) bond motifs is 6. The van der Waals surface area contributed by atoms with Gasteiger partial charge in [-0.25, -0.2) is 0 Å². The van der Waals surface area contributed by atoms with Gasteiger partial charge in [0.2, 0.25) is 0 Å². The summed E-state index contributed by atoms with van der Waals surface area (Å²) in [7, 11) is 0. The van der Waals surface area contributed by atoms with E-state index in [-0.39, 0.29) is 17.5 Å². The minimum Gasteiger partial charge on any atom is -0.465 e. The molecule has 4 fully saturated rings. The molecule has 2 heterocycles. The van der Waals surface area contributed by atoms with Crippen molar-refractivity contribution in [1.82, 2.24) is 0 Å². The molecule has 3 aliphatic carbocycles. The zero-order valence-electron chi connectivity index (χ0n) is 22.7. The van der Waals surface area contributed by atoms with E-state index >= 15 is 0 Å². The van der Waals surface area contributed by atoms with Crippen molar-refractivity contribution >= 4 is 0 Å². The second-order valence-corrected chi connectivity index (χ2v) is 12.7. The Hall–Kier alpha value is -1.36. The molecule has 1 aromatic carbocycles. The Morgan fingerprint density at radius 1 is 1.08 bits per heavy atom. The summed E-state index contributed by atoms with van der Waals surface area (Å²) in [6.45, 7) is 9.30. The minimum absolute atomic E-state index is 0.0764. The van der Waals surface area contributed by atoms with Gasteiger partial charge in [-0.2, -0.15) is 0 Å². The van der Waals surface area contributed by atoms with E-state index in [1.54, 1.807) is 5.56 Å². The van der Waals surface area contributed by atoms with Crippen molar-refractivity contribution in [2.45, 2.75) is 109 Å². The van der Waals surface area contributed by atoms with Crippen LogP contribution in [-0.4, -0.2) is 31.9 Å². The van der Waals surface area contributed by atoms with E-state index in [1.165, 1.54) is 56.1 Å².